The number of nitrogens with zero attached hydrogens (tertiary/aromatic N) is 3. The van der Waals surface area contributed by atoms with E-state index in [1.165, 1.54) is 11.3 Å². The molecule has 1 fully saturated rings. The monoisotopic (exact) mass is 335 g/mol. The van der Waals surface area contributed by atoms with Crippen molar-refractivity contribution in [3.8, 4) is 10.6 Å². The second-order valence-electron chi connectivity index (χ2n) is 5.51. The molecule has 6 heteroatoms. The van der Waals surface area contributed by atoms with Crippen LogP contribution in [0.4, 0.5) is 5.13 Å². The third-order valence-electron chi connectivity index (χ3n) is 3.90. The standard InChI is InChI=1S/C16H18ClN3OS/c1-2-10-20(15(21)12-4-3-5-12)16-19-18-14(22-16)11-6-8-13(17)9-7-11/h6-9,12H,2-5,10H2,1H3. The molecule has 22 heavy (non-hydrogen) atoms. The fraction of sp³-hybridized carbons (Fsp3) is 0.438. The fourth-order valence-corrected chi connectivity index (χ4v) is 3.44. The molecule has 0 N–H and O–H groups in total. The van der Waals surface area contributed by atoms with Gasteiger partial charge in [0.05, 0.1) is 0 Å². The van der Waals surface area contributed by atoms with Crippen LogP contribution in [0.25, 0.3) is 10.6 Å². The maximum atomic E-state index is 12.6. The summed E-state index contributed by atoms with van der Waals surface area (Å²) in [4.78, 5) is 14.4. The molecule has 1 aliphatic carbocycles. The van der Waals surface area contributed by atoms with E-state index in [1.807, 2.05) is 24.3 Å². The smallest absolute Gasteiger partial charge is 0.231 e. The lowest BCUT2D eigenvalue weighted by atomic mass is 9.84. The number of amides is 1. The van der Waals surface area contributed by atoms with Crippen LogP contribution in [-0.4, -0.2) is 22.6 Å². The second kappa shape index (κ2) is 6.75. The Morgan fingerprint density at radius 1 is 1.32 bits per heavy atom. The van der Waals surface area contributed by atoms with E-state index in [-0.39, 0.29) is 11.8 Å². The minimum atomic E-state index is 0.175. The first-order valence-corrected chi connectivity index (χ1v) is 8.79. The van der Waals surface area contributed by atoms with Gasteiger partial charge in [0, 0.05) is 23.0 Å². The summed E-state index contributed by atoms with van der Waals surface area (Å²) in [6, 6.07) is 7.51. The summed E-state index contributed by atoms with van der Waals surface area (Å²) in [7, 11) is 0. The number of aromatic nitrogens is 2. The molecule has 1 aromatic carbocycles. The third kappa shape index (κ3) is 3.15. The van der Waals surface area contributed by atoms with Crippen molar-refractivity contribution in [3.05, 3.63) is 29.3 Å². The van der Waals surface area contributed by atoms with Gasteiger partial charge in [0.15, 0.2) is 0 Å². The van der Waals surface area contributed by atoms with Crippen molar-refractivity contribution >= 4 is 34.0 Å². The van der Waals surface area contributed by atoms with Crippen LogP contribution in [0.2, 0.25) is 5.02 Å². The van der Waals surface area contributed by atoms with Crippen LogP contribution in [0.15, 0.2) is 24.3 Å². The first kappa shape index (κ1) is 15.4. The molecule has 0 spiro atoms. The summed E-state index contributed by atoms with van der Waals surface area (Å²) < 4.78 is 0. The van der Waals surface area contributed by atoms with Crippen molar-refractivity contribution in [2.75, 3.05) is 11.4 Å². The third-order valence-corrected chi connectivity index (χ3v) is 5.15. The van der Waals surface area contributed by atoms with Crippen LogP contribution in [0.3, 0.4) is 0 Å². The van der Waals surface area contributed by atoms with Crippen LogP contribution in [-0.2, 0) is 4.79 Å². The molecule has 0 aliphatic heterocycles. The quantitative estimate of drug-likeness (QED) is 0.813. The number of benzene rings is 1. The van der Waals surface area contributed by atoms with Gasteiger partial charge in [0.1, 0.15) is 5.01 Å². The molecule has 1 amide bonds. The summed E-state index contributed by atoms with van der Waals surface area (Å²) in [5, 5.41) is 10.7. The highest BCUT2D eigenvalue weighted by atomic mass is 35.5. The molecule has 0 radical (unpaired) electrons. The SMILES string of the molecule is CCCN(C(=O)C1CCC1)c1nnc(-c2ccc(Cl)cc2)s1. The van der Waals surface area contributed by atoms with E-state index in [0.29, 0.717) is 16.7 Å². The van der Waals surface area contributed by atoms with Gasteiger partial charge in [-0.15, -0.1) is 10.2 Å². The molecule has 2 aromatic rings. The van der Waals surface area contributed by atoms with E-state index in [0.717, 1.165) is 36.3 Å². The van der Waals surface area contributed by atoms with Crippen molar-refractivity contribution in [1.82, 2.24) is 10.2 Å². The Hall–Kier alpha value is -1.46. The number of carbonyl (C=O) groups excluding carboxylic acids is 1. The Morgan fingerprint density at radius 3 is 2.64 bits per heavy atom. The fourth-order valence-electron chi connectivity index (χ4n) is 2.43. The molecule has 116 valence electrons. The number of anilines is 1. The predicted molar refractivity (Wildman–Crippen MR) is 90.3 cm³/mol. The van der Waals surface area contributed by atoms with Gasteiger partial charge in [0.25, 0.3) is 0 Å². The zero-order chi connectivity index (χ0) is 15.5. The van der Waals surface area contributed by atoms with E-state index in [1.54, 1.807) is 4.90 Å². The maximum absolute atomic E-state index is 12.6. The number of hydrogen-bond donors (Lipinski definition) is 0. The van der Waals surface area contributed by atoms with Crippen molar-refractivity contribution in [3.63, 3.8) is 0 Å². The molecule has 1 saturated carbocycles. The first-order chi connectivity index (χ1) is 10.7. The van der Waals surface area contributed by atoms with Gasteiger partial charge in [-0.2, -0.15) is 0 Å². The largest absolute Gasteiger partial charge is 0.286 e. The molecular weight excluding hydrogens is 318 g/mol. The van der Waals surface area contributed by atoms with Gasteiger partial charge >= 0.3 is 0 Å². The van der Waals surface area contributed by atoms with Crippen molar-refractivity contribution in [2.45, 2.75) is 32.6 Å². The van der Waals surface area contributed by atoms with Crippen LogP contribution in [0.5, 0.6) is 0 Å². The molecule has 0 atom stereocenters. The summed E-state index contributed by atoms with van der Waals surface area (Å²) in [5.41, 5.74) is 0.973. The minimum Gasteiger partial charge on any atom is -0.286 e. The Kier molecular flexibility index (Phi) is 4.74. The van der Waals surface area contributed by atoms with E-state index in [4.69, 9.17) is 11.6 Å². The zero-order valence-corrected chi connectivity index (χ0v) is 14.0. The van der Waals surface area contributed by atoms with Crippen LogP contribution >= 0.6 is 22.9 Å². The molecular formula is C16H18ClN3OS. The minimum absolute atomic E-state index is 0.175. The molecule has 1 aliphatic rings. The molecule has 1 heterocycles. The second-order valence-corrected chi connectivity index (χ2v) is 6.91. The van der Waals surface area contributed by atoms with E-state index < -0.39 is 0 Å². The maximum Gasteiger partial charge on any atom is 0.231 e. The van der Waals surface area contributed by atoms with Crippen molar-refractivity contribution < 1.29 is 4.79 Å². The van der Waals surface area contributed by atoms with Crippen LogP contribution in [0, 0.1) is 5.92 Å². The normalized spacial score (nSPS) is 14.6. The average Bonchev–Trinajstić information content (AvgIpc) is 2.93. The van der Waals surface area contributed by atoms with Gasteiger partial charge in [-0.25, -0.2) is 0 Å². The number of hydrogen-bond acceptors (Lipinski definition) is 4. The number of halogens is 1. The molecule has 0 bridgehead atoms. The topological polar surface area (TPSA) is 46.1 Å². The Labute approximate surface area is 139 Å². The molecule has 0 unspecified atom stereocenters. The van der Waals surface area contributed by atoms with Gasteiger partial charge in [0.2, 0.25) is 11.0 Å². The Morgan fingerprint density at radius 2 is 2.05 bits per heavy atom. The number of carbonyl (C=O) groups is 1. The van der Waals surface area contributed by atoms with Gasteiger partial charge in [-0.3, -0.25) is 9.69 Å². The molecule has 0 saturated heterocycles. The first-order valence-electron chi connectivity index (χ1n) is 7.60. The van der Waals surface area contributed by atoms with Crippen molar-refractivity contribution in [2.24, 2.45) is 5.92 Å². The molecule has 3 rings (SSSR count). The van der Waals surface area contributed by atoms with Crippen molar-refractivity contribution in [1.29, 1.82) is 0 Å². The van der Waals surface area contributed by atoms with Gasteiger partial charge < -0.3 is 0 Å². The summed E-state index contributed by atoms with van der Waals surface area (Å²) >= 11 is 7.37. The lowest BCUT2D eigenvalue weighted by Crippen LogP contribution is -2.39. The molecule has 1 aromatic heterocycles. The number of rotatable bonds is 5. The summed E-state index contributed by atoms with van der Waals surface area (Å²) in [6.45, 7) is 2.77. The summed E-state index contributed by atoms with van der Waals surface area (Å²) in [6.07, 6.45) is 4.07. The van der Waals surface area contributed by atoms with Gasteiger partial charge in [-0.1, -0.05) is 48.4 Å². The zero-order valence-electron chi connectivity index (χ0n) is 12.5. The average molecular weight is 336 g/mol. The lowest BCUT2D eigenvalue weighted by molar-refractivity contribution is -0.124. The Balaban J connectivity index is 1.83. The highest BCUT2D eigenvalue weighted by Crippen LogP contribution is 2.33. The highest BCUT2D eigenvalue weighted by Gasteiger charge is 2.31. The highest BCUT2D eigenvalue weighted by molar-refractivity contribution is 7.18. The van der Waals surface area contributed by atoms with E-state index >= 15 is 0 Å². The Bertz CT molecular complexity index is 652. The summed E-state index contributed by atoms with van der Waals surface area (Å²) in [5.74, 6) is 0.376. The van der Waals surface area contributed by atoms with E-state index in [2.05, 4.69) is 17.1 Å². The van der Waals surface area contributed by atoms with Gasteiger partial charge in [-0.05, 0) is 31.4 Å². The van der Waals surface area contributed by atoms with Crippen LogP contribution < -0.4 is 4.90 Å². The molecule has 4 nitrogen and oxygen atoms in total. The predicted octanol–water partition coefficient (Wildman–Crippen LogP) is 4.40. The van der Waals surface area contributed by atoms with E-state index in [9.17, 15) is 4.79 Å². The lowest BCUT2D eigenvalue weighted by Gasteiger charge is -2.29. The van der Waals surface area contributed by atoms with Crippen LogP contribution in [0.1, 0.15) is 32.6 Å².